The first-order valence-corrected chi connectivity index (χ1v) is 4.22. The highest BCUT2D eigenvalue weighted by Crippen LogP contribution is 2.02. The van der Waals surface area contributed by atoms with Crippen LogP contribution < -0.4 is 5.32 Å². The first-order chi connectivity index (χ1) is 5.70. The molecule has 0 aliphatic heterocycles. The van der Waals surface area contributed by atoms with Crippen LogP contribution in [-0.4, -0.2) is 24.5 Å². The fourth-order valence-corrected chi connectivity index (χ4v) is 0.734. The lowest BCUT2D eigenvalue weighted by atomic mass is 10.9. The van der Waals surface area contributed by atoms with Gasteiger partial charge in [0.25, 0.3) is 0 Å². The van der Waals surface area contributed by atoms with Gasteiger partial charge in [-0.25, -0.2) is 10.1 Å². The van der Waals surface area contributed by atoms with Gasteiger partial charge < -0.3 is 8.92 Å². The van der Waals surface area contributed by atoms with Gasteiger partial charge in [-0.05, 0) is 13.8 Å². The van der Waals surface area contributed by atoms with Crippen molar-refractivity contribution >= 4 is 23.4 Å². The van der Waals surface area contributed by atoms with Gasteiger partial charge in [-0.2, -0.15) is 0 Å². The van der Waals surface area contributed by atoms with Gasteiger partial charge in [0, 0.05) is 0 Å². The molecular weight excluding hydrogens is 182 g/mol. The predicted octanol–water partition coefficient (Wildman–Crippen LogP) is 1.54. The summed E-state index contributed by atoms with van der Waals surface area (Å²) in [6.07, 6.45) is -0.755. The molecule has 0 fully saturated rings. The second-order valence-corrected chi connectivity index (χ2v) is 2.40. The van der Waals surface area contributed by atoms with Crippen LogP contribution in [0.5, 0.6) is 0 Å². The highest BCUT2D eigenvalue weighted by molar-refractivity contribution is 8.09. The topological polar surface area (TPSA) is 64.6 Å². The third kappa shape index (κ3) is 5.99. The van der Waals surface area contributed by atoms with Crippen LogP contribution in [0, 0.1) is 0 Å². The zero-order valence-electron chi connectivity index (χ0n) is 6.96. The Hall–Kier alpha value is -0.750. The molecule has 0 heterocycles. The van der Waals surface area contributed by atoms with Gasteiger partial charge in [0.05, 0.1) is 25.3 Å². The van der Waals surface area contributed by atoms with E-state index in [0.29, 0.717) is 18.6 Å². The molecule has 1 N–H and O–H groups in total. The number of carbonyl (C=O) groups excluding carboxylic acids is 2. The average molecular weight is 193 g/mol. The third-order valence-electron chi connectivity index (χ3n) is 0.732. The highest BCUT2D eigenvalue weighted by atomic mass is 32.2. The first-order valence-electron chi connectivity index (χ1n) is 3.47. The van der Waals surface area contributed by atoms with Crippen LogP contribution in [0.25, 0.3) is 0 Å². The lowest BCUT2D eigenvalue weighted by molar-refractivity contribution is 0.154. The zero-order valence-corrected chi connectivity index (χ0v) is 7.77. The van der Waals surface area contributed by atoms with Gasteiger partial charge in [0.1, 0.15) is 0 Å². The van der Waals surface area contributed by atoms with Crippen molar-refractivity contribution in [3.05, 3.63) is 0 Å². The molecular formula is C6H11NO4S. The van der Waals surface area contributed by atoms with Gasteiger partial charge in [-0.15, -0.1) is 0 Å². The Bertz CT molecular complexity index is 162. The number of nitrogens with one attached hydrogen (secondary N) is 1. The number of alkyl carbamates (subject to hydrolysis) is 1. The lowest BCUT2D eigenvalue weighted by Crippen LogP contribution is -2.27. The maximum atomic E-state index is 10.7. The van der Waals surface area contributed by atoms with E-state index in [-0.39, 0.29) is 6.61 Å². The van der Waals surface area contributed by atoms with Crippen LogP contribution >= 0.6 is 12.0 Å². The fourth-order valence-electron chi connectivity index (χ4n) is 0.384. The molecule has 0 saturated carbocycles. The van der Waals surface area contributed by atoms with E-state index in [1.807, 2.05) is 5.32 Å². The van der Waals surface area contributed by atoms with Crippen molar-refractivity contribution in [2.45, 2.75) is 13.8 Å². The molecule has 0 atom stereocenters. The van der Waals surface area contributed by atoms with Crippen LogP contribution in [0.3, 0.4) is 0 Å². The smallest absolute Gasteiger partial charge is 0.414 e. The largest absolute Gasteiger partial charge is 0.450 e. The monoisotopic (exact) mass is 193 g/mol. The summed E-state index contributed by atoms with van der Waals surface area (Å²) in [5.74, 6) is 0. The summed E-state index contributed by atoms with van der Waals surface area (Å²) < 4.78 is 9.12. The summed E-state index contributed by atoms with van der Waals surface area (Å²) in [5.41, 5.74) is 0. The van der Waals surface area contributed by atoms with Crippen molar-refractivity contribution in [2.24, 2.45) is 0 Å². The number of amides is 2. The minimum absolute atomic E-state index is 0.235. The van der Waals surface area contributed by atoms with Crippen molar-refractivity contribution in [1.82, 2.24) is 5.32 Å². The summed E-state index contributed by atoms with van der Waals surface area (Å²) in [5, 5.41) is 1.38. The van der Waals surface area contributed by atoms with E-state index in [1.54, 1.807) is 13.8 Å². The molecule has 0 spiro atoms. The number of ether oxygens (including phenoxy) is 1. The quantitative estimate of drug-likeness (QED) is 0.689. The Balaban J connectivity index is 3.47. The number of imide groups is 1. The van der Waals surface area contributed by atoms with E-state index in [4.69, 9.17) is 0 Å². The minimum Gasteiger partial charge on any atom is -0.450 e. The van der Waals surface area contributed by atoms with Crippen molar-refractivity contribution in [2.75, 3.05) is 13.2 Å². The predicted molar refractivity (Wildman–Crippen MR) is 44.8 cm³/mol. The maximum absolute atomic E-state index is 10.7. The van der Waals surface area contributed by atoms with Gasteiger partial charge in [-0.3, -0.25) is 4.79 Å². The summed E-state index contributed by atoms with van der Waals surface area (Å²) in [6, 6.07) is 0. The molecule has 0 aromatic heterocycles. The molecule has 0 aliphatic rings. The molecule has 5 nitrogen and oxygen atoms in total. The standard InChI is InChI=1S/C6H11NO4S/c1-3-10-5(8)7-6(9)12-11-4-2/h3-4H2,1-2H3,(H,7,8,9). The van der Waals surface area contributed by atoms with E-state index in [2.05, 4.69) is 8.92 Å². The molecule has 0 bridgehead atoms. The van der Waals surface area contributed by atoms with Crippen molar-refractivity contribution in [3.8, 4) is 0 Å². The van der Waals surface area contributed by atoms with Crippen LogP contribution in [0.15, 0.2) is 0 Å². The van der Waals surface area contributed by atoms with Gasteiger partial charge >= 0.3 is 11.3 Å². The SMILES string of the molecule is CCOSC(=O)NC(=O)OCC. The van der Waals surface area contributed by atoms with E-state index >= 15 is 0 Å². The first kappa shape index (κ1) is 11.2. The summed E-state index contributed by atoms with van der Waals surface area (Å²) in [7, 11) is 0. The van der Waals surface area contributed by atoms with E-state index < -0.39 is 11.3 Å². The Morgan fingerprint density at radius 3 is 2.50 bits per heavy atom. The lowest BCUT2D eigenvalue weighted by Gasteiger charge is -2.01. The molecule has 0 radical (unpaired) electrons. The van der Waals surface area contributed by atoms with Gasteiger partial charge in [0.15, 0.2) is 0 Å². The molecule has 0 aliphatic carbocycles. The van der Waals surface area contributed by atoms with Crippen LogP contribution in [-0.2, 0) is 8.92 Å². The van der Waals surface area contributed by atoms with Crippen LogP contribution in [0.2, 0.25) is 0 Å². The van der Waals surface area contributed by atoms with E-state index in [9.17, 15) is 9.59 Å². The molecule has 6 heteroatoms. The number of carbonyl (C=O) groups is 2. The summed E-state index contributed by atoms with van der Waals surface area (Å²) >= 11 is 0.580. The van der Waals surface area contributed by atoms with Crippen molar-refractivity contribution in [3.63, 3.8) is 0 Å². The van der Waals surface area contributed by atoms with Gasteiger partial charge in [0.2, 0.25) is 0 Å². The van der Waals surface area contributed by atoms with E-state index in [0.717, 1.165) is 0 Å². The number of hydrogen-bond donors (Lipinski definition) is 1. The second-order valence-electron chi connectivity index (χ2n) is 1.62. The maximum Gasteiger partial charge on any atom is 0.414 e. The molecule has 0 aromatic carbocycles. The second kappa shape index (κ2) is 6.93. The summed E-state index contributed by atoms with van der Waals surface area (Å²) in [4.78, 5) is 21.3. The average Bonchev–Trinajstić information content (AvgIpc) is 2.01. The minimum atomic E-state index is -0.755. The van der Waals surface area contributed by atoms with Crippen molar-refractivity contribution in [1.29, 1.82) is 0 Å². The van der Waals surface area contributed by atoms with Gasteiger partial charge in [-0.1, -0.05) is 0 Å². The number of hydrogen-bond acceptors (Lipinski definition) is 5. The van der Waals surface area contributed by atoms with Crippen LogP contribution in [0.4, 0.5) is 9.59 Å². The van der Waals surface area contributed by atoms with E-state index in [1.165, 1.54) is 0 Å². The Kier molecular flexibility index (Phi) is 6.50. The third-order valence-corrected chi connectivity index (χ3v) is 1.34. The zero-order chi connectivity index (χ0) is 9.40. The highest BCUT2D eigenvalue weighted by Gasteiger charge is 2.08. The fraction of sp³-hybridized carbons (Fsp3) is 0.667. The van der Waals surface area contributed by atoms with Crippen molar-refractivity contribution < 1.29 is 18.5 Å². The molecule has 0 rings (SSSR count). The molecule has 2 amide bonds. The molecule has 12 heavy (non-hydrogen) atoms. The molecule has 0 saturated heterocycles. The number of rotatable bonds is 3. The molecule has 0 unspecified atom stereocenters. The Labute approximate surface area is 75.0 Å². The molecule has 70 valence electrons. The normalized spacial score (nSPS) is 9.17. The Morgan fingerprint density at radius 1 is 1.33 bits per heavy atom. The Morgan fingerprint density at radius 2 is 2.00 bits per heavy atom. The van der Waals surface area contributed by atoms with Crippen LogP contribution in [0.1, 0.15) is 13.8 Å². The summed E-state index contributed by atoms with van der Waals surface area (Å²) in [6.45, 7) is 4.03. The molecule has 0 aromatic rings.